The molecule has 1 N–H and O–H groups in total. The molecular weight excluding hydrogens is 222 g/mol. The summed E-state index contributed by atoms with van der Waals surface area (Å²) < 4.78 is 0. The molecule has 0 aromatic carbocycles. The Morgan fingerprint density at radius 3 is 2.67 bits per heavy atom. The van der Waals surface area contributed by atoms with Crippen LogP contribution in [0.2, 0.25) is 0 Å². The van der Waals surface area contributed by atoms with E-state index >= 15 is 0 Å². The van der Waals surface area contributed by atoms with Gasteiger partial charge in [-0.15, -0.1) is 0 Å². The quantitative estimate of drug-likeness (QED) is 0.837. The Balaban J connectivity index is 1.61. The first-order valence-corrected chi connectivity index (χ1v) is 7.15. The minimum absolute atomic E-state index is 0.771. The van der Waals surface area contributed by atoms with Crippen LogP contribution < -0.4 is 5.32 Å². The largest absolute Gasteiger partial charge is 0.313 e. The first-order chi connectivity index (χ1) is 8.84. The van der Waals surface area contributed by atoms with E-state index in [1.807, 2.05) is 12.4 Å². The van der Waals surface area contributed by atoms with Gasteiger partial charge in [0.15, 0.2) is 0 Å². The standard InChI is InChI=1S/C15H25N3/c1-18(13-14-7-9-16-10-8-14)12-11-17-15-5-3-2-4-6-15/h7-10,15,17H,2-6,11-13H2,1H3. The lowest BCUT2D eigenvalue weighted by molar-refractivity contribution is 0.300. The third-order valence-corrected chi connectivity index (χ3v) is 3.73. The summed E-state index contributed by atoms with van der Waals surface area (Å²) in [5.74, 6) is 0. The molecule has 1 aliphatic rings. The molecule has 1 aliphatic carbocycles. The van der Waals surface area contributed by atoms with Gasteiger partial charge < -0.3 is 10.2 Å². The number of nitrogens with one attached hydrogen (secondary N) is 1. The van der Waals surface area contributed by atoms with Gasteiger partial charge in [0.1, 0.15) is 0 Å². The highest BCUT2D eigenvalue weighted by molar-refractivity contribution is 5.09. The fourth-order valence-electron chi connectivity index (χ4n) is 2.65. The van der Waals surface area contributed by atoms with Crippen LogP contribution in [0, 0.1) is 0 Å². The molecular formula is C15H25N3. The first kappa shape index (κ1) is 13.5. The summed E-state index contributed by atoms with van der Waals surface area (Å²) in [5, 5.41) is 3.68. The number of hydrogen-bond acceptors (Lipinski definition) is 3. The number of rotatable bonds is 6. The van der Waals surface area contributed by atoms with Crippen LogP contribution in [0.15, 0.2) is 24.5 Å². The highest BCUT2D eigenvalue weighted by atomic mass is 15.1. The van der Waals surface area contributed by atoms with Gasteiger partial charge in [-0.25, -0.2) is 0 Å². The van der Waals surface area contributed by atoms with Crippen molar-refractivity contribution in [1.29, 1.82) is 0 Å². The fourth-order valence-corrected chi connectivity index (χ4v) is 2.65. The van der Waals surface area contributed by atoms with Crippen molar-refractivity contribution >= 4 is 0 Å². The molecule has 0 aliphatic heterocycles. The molecule has 18 heavy (non-hydrogen) atoms. The monoisotopic (exact) mass is 247 g/mol. The van der Waals surface area contributed by atoms with E-state index < -0.39 is 0 Å². The third-order valence-electron chi connectivity index (χ3n) is 3.73. The Bertz CT molecular complexity index is 320. The molecule has 1 aromatic rings. The lowest BCUT2D eigenvalue weighted by atomic mass is 9.95. The summed E-state index contributed by atoms with van der Waals surface area (Å²) in [6, 6.07) is 4.95. The maximum atomic E-state index is 4.05. The van der Waals surface area contributed by atoms with Crippen LogP contribution in [0.5, 0.6) is 0 Å². The van der Waals surface area contributed by atoms with E-state index in [-0.39, 0.29) is 0 Å². The van der Waals surface area contributed by atoms with Gasteiger partial charge in [-0.1, -0.05) is 19.3 Å². The molecule has 0 atom stereocenters. The van der Waals surface area contributed by atoms with Crippen molar-refractivity contribution in [3.8, 4) is 0 Å². The van der Waals surface area contributed by atoms with E-state index in [0.717, 1.165) is 25.7 Å². The van der Waals surface area contributed by atoms with Crippen molar-refractivity contribution in [2.24, 2.45) is 0 Å². The zero-order valence-electron chi connectivity index (χ0n) is 11.4. The summed E-state index contributed by atoms with van der Waals surface area (Å²) >= 11 is 0. The number of likely N-dealkylation sites (N-methyl/N-ethyl adjacent to an activating group) is 1. The summed E-state index contributed by atoms with van der Waals surface area (Å²) in [4.78, 5) is 6.41. The van der Waals surface area contributed by atoms with Crippen molar-refractivity contribution in [3.05, 3.63) is 30.1 Å². The molecule has 3 nitrogen and oxygen atoms in total. The molecule has 0 spiro atoms. The van der Waals surface area contributed by atoms with Gasteiger partial charge in [0.05, 0.1) is 0 Å². The van der Waals surface area contributed by atoms with Crippen LogP contribution in [0.1, 0.15) is 37.7 Å². The molecule has 1 saturated carbocycles. The van der Waals surface area contributed by atoms with Crippen LogP contribution in [-0.4, -0.2) is 36.1 Å². The lowest BCUT2D eigenvalue weighted by Gasteiger charge is -2.24. The molecule has 1 aromatic heterocycles. The number of hydrogen-bond donors (Lipinski definition) is 1. The highest BCUT2D eigenvalue weighted by Gasteiger charge is 2.12. The highest BCUT2D eigenvalue weighted by Crippen LogP contribution is 2.17. The normalized spacial score (nSPS) is 17.2. The van der Waals surface area contributed by atoms with Crippen LogP contribution in [0.3, 0.4) is 0 Å². The summed E-state index contributed by atoms with van der Waals surface area (Å²) in [6.07, 6.45) is 10.7. The van der Waals surface area contributed by atoms with E-state index in [2.05, 4.69) is 34.4 Å². The number of pyridine rings is 1. The first-order valence-electron chi connectivity index (χ1n) is 7.15. The molecule has 1 fully saturated rings. The number of aromatic nitrogens is 1. The SMILES string of the molecule is CN(CCNC1CCCCC1)Cc1ccncc1. The van der Waals surface area contributed by atoms with Crippen molar-refractivity contribution < 1.29 is 0 Å². The van der Waals surface area contributed by atoms with Crippen molar-refractivity contribution in [2.45, 2.75) is 44.7 Å². The molecule has 0 saturated heterocycles. The molecule has 0 amide bonds. The third kappa shape index (κ3) is 4.75. The van der Waals surface area contributed by atoms with Gasteiger partial charge in [-0.05, 0) is 37.6 Å². The molecule has 0 bridgehead atoms. The average Bonchev–Trinajstić information content (AvgIpc) is 2.41. The maximum absolute atomic E-state index is 4.05. The van der Waals surface area contributed by atoms with Gasteiger partial charge in [0.25, 0.3) is 0 Å². The van der Waals surface area contributed by atoms with Crippen molar-refractivity contribution in [3.63, 3.8) is 0 Å². The zero-order chi connectivity index (χ0) is 12.6. The van der Waals surface area contributed by atoms with E-state index in [4.69, 9.17) is 0 Å². The van der Waals surface area contributed by atoms with Crippen LogP contribution in [0.25, 0.3) is 0 Å². The molecule has 0 unspecified atom stereocenters. The minimum Gasteiger partial charge on any atom is -0.313 e. The Morgan fingerprint density at radius 2 is 1.94 bits per heavy atom. The second kappa shape index (κ2) is 7.49. The lowest BCUT2D eigenvalue weighted by Crippen LogP contribution is -2.36. The van der Waals surface area contributed by atoms with E-state index in [0.29, 0.717) is 0 Å². The Labute approximate surface area is 111 Å². The Kier molecular flexibility index (Phi) is 5.62. The van der Waals surface area contributed by atoms with Gasteiger partial charge >= 0.3 is 0 Å². The van der Waals surface area contributed by atoms with Gasteiger partial charge in [-0.3, -0.25) is 4.98 Å². The topological polar surface area (TPSA) is 28.2 Å². The van der Waals surface area contributed by atoms with Crippen LogP contribution >= 0.6 is 0 Å². The average molecular weight is 247 g/mol. The predicted octanol–water partition coefficient (Wildman–Crippen LogP) is 2.44. The van der Waals surface area contributed by atoms with E-state index in [1.165, 1.54) is 37.7 Å². The van der Waals surface area contributed by atoms with Crippen LogP contribution in [-0.2, 0) is 6.54 Å². The second-order valence-corrected chi connectivity index (χ2v) is 5.38. The van der Waals surface area contributed by atoms with Crippen molar-refractivity contribution in [2.75, 3.05) is 20.1 Å². The van der Waals surface area contributed by atoms with Gasteiger partial charge in [0, 0.05) is 38.1 Å². The smallest absolute Gasteiger partial charge is 0.0271 e. The molecule has 1 heterocycles. The molecule has 2 rings (SSSR count). The molecule has 100 valence electrons. The molecule has 0 radical (unpaired) electrons. The Morgan fingerprint density at radius 1 is 1.22 bits per heavy atom. The zero-order valence-corrected chi connectivity index (χ0v) is 11.4. The number of nitrogens with zero attached hydrogens (tertiary/aromatic N) is 2. The predicted molar refractivity (Wildman–Crippen MR) is 75.4 cm³/mol. The van der Waals surface area contributed by atoms with Gasteiger partial charge in [-0.2, -0.15) is 0 Å². The van der Waals surface area contributed by atoms with E-state index in [9.17, 15) is 0 Å². The molecule has 3 heteroatoms. The van der Waals surface area contributed by atoms with E-state index in [1.54, 1.807) is 0 Å². The fraction of sp³-hybridized carbons (Fsp3) is 0.667. The summed E-state index contributed by atoms with van der Waals surface area (Å²) in [5.41, 5.74) is 1.34. The minimum atomic E-state index is 0.771. The summed E-state index contributed by atoms with van der Waals surface area (Å²) in [6.45, 7) is 3.22. The van der Waals surface area contributed by atoms with Crippen molar-refractivity contribution in [1.82, 2.24) is 15.2 Å². The summed E-state index contributed by atoms with van der Waals surface area (Å²) in [7, 11) is 2.18. The second-order valence-electron chi connectivity index (χ2n) is 5.38. The Hall–Kier alpha value is -0.930. The van der Waals surface area contributed by atoms with Gasteiger partial charge in [0.2, 0.25) is 0 Å². The maximum Gasteiger partial charge on any atom is 0.0271 e. The van der Waals surface area contributed by atoms with Crippen LogP contribution in [0.4, 0.5) is 0 Å².